The average molecular weight is 314 g/mol. The zero-order valence-electron chi connectivity index (χ0n) is 9.99. The maximum atomic E-state index is 11.3. The van der Waals surface area contributed by atoms with Crippen molar-refractivity contribution >= 4 is 22.0 Å². The number of ether oxygens (including phenoxy) is 1. The van der Waals surface area contributed by atoms with Crippen LogP contribution in [0.15, 0.2) is 22.7 Å². The number of halogens is 1. The highest BCUT2D eigenvalue weighted by Gasteiger charge is 2.18. The second-order valence-corrected chi connectivity index (χ2v) is 4.88. The Morgan fingerprint density at radius 2 is 2.33 bits per heavy atom. The number of urea groups is 1. The Morgan fingerprint density at radius 3 is 3.00 bits per heavy atom. The molecule has 0 bridgehead atoms. The van der Waals surface area contributed by atoms with Gasteiger partial charge < -0.3 is 20.7 Å². The maximum Gasteiger partial charge on any atom is 0.317 e. The number of carbonyl (C=O) groups excluding carboxylic acids is 1. The van der Waals surface area contributed by atoms with Crippen LogP contribution in [0.25, 0.3) is 0 Å². The van der Waals surface area contributed by atoms with Gasteiger partial charge in [0.15, 0.2) is 0 Å². The molecule has 2 rings (SSSR count). The molecule has 1 fully saturated rings. The summed E-state index contributed by atoms with van der Waals surface area (Å²) < 4.78 is 6.60. The van der Waals surface area contributed by atoms with Gasteiger partial charge in [-0.05, 0) is 23.8 Å². The van der Waals surface area contributed by atoms with Gasteiger partial charge in [0.1, 0.15) is 12.4 Å². The van der Waals surface area contributed by atoms with Gasteiger partial charge in [-0.2, -0.15) is 0 Å². The first-order chi connectivity index (χ1) is 8.70. The SMILES string of the molecule is NCc1cc(OCCN2CCNC2=O)ccc1Br. The highest BCUT2D eigenvalue weighted by Crippen LogP contribution is 2.22. The zero-order chi connectivity index (χ0) is 13.0. The normalized spacial score (nSPS) is 14.8. The number of benzene rings is 1. The van der Waals surface area contributed by atoms with Crippen LogP contribution in [0.3, 0.4) is 0 Å². The predicted molar refractivity (Wildman–Crippen MR) is 72.5 cm³/mol. The van der Waals surface area contributed by atoms with Crippen molar-refractivity contribution in [1.29, 1.82) is 0 Å². The zero-order valence-corrected chi connectivity index (χ0v) is 11.6. The Morgan fingerprint density at radius 1 is 1.50 bits per heavy atom. The van der Waals surface area contributed by atoms with Crippen molar-refractivity contribution in [3.05, 3.63) is 28.2 Å². The Hall–Kier alpha value is -1.27. The van der Waals surface area contributed by atoms with Crippen LogP contribution in [0.5, 0.6) is 5.75 Å². The van der Waals surface area contributed by atoms with E-state index in [-0.39, 0.29) is 6.03 Å². The van der Waals surface area contributed by atoms with Crippen LogP contribution < -0.4 is 15.8 Å². The molecule has 18 heavy (non-hydrogen) atoms. The van der Waals surface area contributed by atoms with Gasteiger partial charge in [-0.3, -0.25) is 0 Å². The lowest BCUT2D eigenvalue weighted by Crippen LogP contribution is -2.31. The Balaban J connectivity index is 1.84. The minimum absolute atomic E-state index is 0.0166. The minimum Gasteiger partial charge on any atom is -0.492 e. The molecule has 98 valence electrons. The lowest BCUT2D eigenvalue weighted by molar-refractivity contribution is 0.202. The number of carbonyl (C=O) groups is 1. The van der Waals surface area contributed by atoms with Gasteiger partial charge in [0.2, 0.25) is 0 Å². The Kier molecular flexibility index (Phi) is 4.43. The summed E-state index contributed by atoms with van der Waals surface area (Å²) >= 11 is 3.42. The largest absolute Gasteiger partial charge is 0.492 e. The van der Waals surface area contributed by atoms with Gasteiger partial charge in [-0.25, -0.2) is 4.79 Å². The van der Waals surface area contributed by atoms with Crippen molar-refractivity contribution in [2.24, 2.45) is 5.73 Å². The van der Waals surface area contributed by atoms with Crippen LogP contribution in [-0.2, 0) is 6.54 Å². The fourth-order valence-corrected chi connectivity index (χ4v) is 2.20. The van der Waals surface area contributed by atoms with E-state index in [4.69, 9.17) is 10.5 Å². The fraction of sp³-hybridized carbons (Fsp3) is 0.417. The van der Waals surface area contributed by atoms with Crippen molar-refractivity contribution in [2.45, 2.75) is 6.54 Å². The van der Waals surface area contributed by atoms with Crippen molar-refractivity contribution in [1.82, 2.24) is 10.2 Å². The van der Waals surface area contributed by atoms with E-state index in [2.05, 4.69) is 21.2 Å². The first-order valence-corrected chi connectivity index (χ1v) is 6.64. The van der Waals surface area contributed by atoms with E-state index in [1.54, 1.807) is 4.90 Å². The lowest BCUT2D eigenvalue weighted by atomic mass is 10.2. The minimum atomic E-state index is -0.0166. The second kappa shape index (κ2) is 6.06. The molecule has 1 aliphatic rings. The van der Waals surface area contributed by atoms with Crippen LogP contribution in [-0.4, -0.2) is 37.2 Å². The van der Waals surface area contributed by atoms with Crippen molar-refractivity contribution in [3.63, 3.8) is 0 Å². The predicted octanol–water partition coefficient (Wildman–Crippen LogP) is 1.31. The van der Waals surface area contributed by atoms with Crippen LogP contribution >= 0.6 is 15.9 Å². The molecule has 0 atom stereocenters. The first kappa shape index (κ1) is 13.2. The molecule has 6 heteroatoms. The fourth-order valence-electron chi connectivity index (χ4n) is 1.80. The molecule has 5 nitrogen and oxygen atoms in total. The summed E-state index contributed by atoms with van der Waals surface area (Å²) in [5.74, 6) is 0.776. The van der Waals surface area contributed by atoms with E-state index in [0.29, 0.717) is 26.2 Å². The van der Waals surface area contributed by atoms with Crippen LogP contribution in [0.2, 0.25) is 0 Å². The molecular formula is C12H16BrN3O2. The third kappa shape index (κ3) is 3.14. The van der Waals surface area contributed by atoms with Crippen molar-refractivity contribution in [3.8, 4) is 5.75 Å². The molecule has 3 N–H and O–H groups in total. The standard InChI is InChI=1S/C12H16BrN3O2/c13-11-2-1-10(7-9(11)8-14)18-6-5-16-4-3-15-12(16)17/h1-2,7H,3-6,8,14H2,(H,15,17). The van der Waals surface area contributed by atoms with Gasteiger partial charge >= 0.3 is 6.03 Å². The summed E-state index contributed by atoms with van der Waals surface area (Å²) in [6, 6.07) is 5.69. The van der Waals surface area contributed by atoms with Gasteiger partial charge in [-0.1, -0.05) is 15.9 Å². The van der Waals surface area contributed by atoms with E-state index in [0.717, 1.165) is 22.3 Å². The molecule has 0 aromatic heterocycles. The molecule has 0 unspecified atom stereocenters. The van der Waals surface area contributed by atoms with Crippen LogP contribution in [0.4, 0.5) is 4.79 Å². The third-order valence-corrected chi connectivity index (χ3v) is 3.59. The average Bonchev–Trinajstić information content (AvgIpc) is 2.77. The van der Waals surface area contributed by atoms with Crippen molar-refractivity contribution < 1.29 is 9.53 Å². The molecule has 0 spiro atoms. The van der Waals surface area contributed by atoms with Gasteiger partial charge in [0.05, 0.1) is 6.54 Å². The van der Waals surface area contributed by atoms with E-state index < -0.39 is 0 Å². The molecule has 2 amide bonds. The number of nitrogens with zero attached hydrogens (tertiary/aromatic N) is 1. The lowest BCUT2D eigenvalue weighted by Gasteiger charge is -2.15. The number of nitrogens with one attached hydrogen (secondary N) is 1. The number of hydrogen-bond donors (Lipinski definition) is 2. The summed E-state index contributed by atoms with van der Waals surface area (Å²) in [5.41, 5.74) is 6.63. The highest BCUT2D eigenvalue weighted by molar-refractivity contribution is 9.10. The van der Waals surface area contributed by atoms with Gasteiger partial charge in [0, 0.05) is 24.1 Å². The van der Waals surface area contributed by atoms with Gasteiger partial charge in [-0.15, -0.1) is 0 Å². The summed E-state index contributed by atoms with van der Waals surface area (Å²) in [6.07, 6.45) is 0. The number of amides is 2. The molecule has 0 radical (unpaired) electrons. The number of hydrogen-bond acceptors (Lipinski definition) is 3. The van der Waals surface area contributed by atoms with Crippen LogP contribution in [0, 0.1) is 0 Å². The van der Waals surface area contributed by atoms with E-state index in [1.807, 2.05) is 18.2 Å². The molecule has 1 aliphatic heterocycles. The monoisotopic (exact) mass is 313 g/mol. The Bertz CT molecular complexity index is 439. The second-order valence-electron chi connectivity index (χ2n) is 4.02. The highest BCUT2D eigenvalue weighted by atomic mass is 79.9. The Labute approximate surface area is 114 Å². The van der Waals surface area contributed by atoms with E-state index >= 15 is 0 Å². The molecular weight excluding hydrogens is 298 g/mol. The number of nitrogens with two attached hydrogens (primary N) is 1. The maximum absolute atomic E-state index is 11.3. The van der Waals surface area contributed by atoms with E-state index in [9.17, 15) is 4.79 Å². The third-order valence-electron chi connectivity index (χ3n) is 2.81. The van der Waals surface area contributed by atoms with E-state index in [1.165, 1.54) is 0 Å². The molecule has 1 saturated heterocycles. The van der Waals surface area contributed by atoms with Crippen molar-refractivity contribution in [2.75, 3.05) is 26.2 Å². The topological polar surface area (TPSA) is 67.6 Å². The summed E-state index contributed by atoms with van der Waals surface area (Å²) in [6.45, 7) is 3.01. The molecule has 1 aromatic carbocycles. The van der Waals surface area contributed by atoms with Crippen LogP contribution in [0.1, 0.15) is 5.56 Å². The molecule has 0 saturated carbocycles. The summed E-state index contributed by atoms with van der Waals surface area (Å²) in [4.78, 5) is 13.0. The molecule has 0 aliphatic carbocycles. The number of rotatable bonds is 5. The smallest absolute Gasteiger partial charge is 0.317 e. The quantitative estimate of drug-likeness (QED) is 0.861. The summed E-state index contributed by atoms with van der Waals surface area (Å²) in [5, 5.41) is 2.75. The van der Waals surface area contributed by atoms with Gasteiger partial charge in [0.25, 0.3) is 0 Å². The summed E-state index contributed by atoms with van der Waals surface area (Å²) in [7, 11) is 0. The molecule has 1 aromatic rings. The molecule has 1 heterocycles. The first-order valence-electron chi connectivity index (χ1n) is 5.85.